The Morgan fingerprint density at radius 2 is 2.33 bits per heavy atom. The molecule has 3 nitrogen and oxygen atoms in total. The van der Waals surface area contributed by atoms with Gasteiger partial charge in [-0.15, -0.1) is 0 Å². The summed E-state index contributed by atoms with van der Waals surface area (Å²) < 4.78 is 0. The van der Waals surface area contributed by atoms with Gasteiger partial charge in [0.25, 0.3) is 0 Å². The molecule has 3 aliphatic rings. The Bertz CT molecular complexity index is 155. The molecule has 1 aliphatic carbocycles. The molecule has 3 rings (SSSR count). The highest BCUT2D eigenvalue weighted by Gasteiger charge is 2.48. The minimum absolute atomic E-state index is 0.0292. The van der Waals surface area contributed by atoms with Crippen LogP contribution < -0.4 is 11.1 Å². The lowest BCUT2D eigenvalue weighted by Crippen LogP contribution is -2.67. The van der Waals surface area contributed by atoms with Gasteiger partial charge in [-0.1, -0.05) is 0 Å². The number of hydrogen-bond acceptors (Lipinski definition) is 2. The lowest BCUT2D eigenvalue weighted by atomic mass is 9.66. The first kappa shape index (κ1) is 5.23. The first-order valence-corrected chi connectivity index (χ1v) is 3.26. The summed E-state index contributed by atoms with van der Waals surface area (Å²) in [6, 6.07) is 0. The number of carbonyl (C=O) groups excluding carboxylic acids is 1. The summed E-state index contributed by atoms with van der Waals surface area (Å²) in [7, 11) is 0. The Labute approximate surface area is 53.6 Å². The van der Waals surface area contributed by atoms with Crippen LogP contribution in [0.25, 0.3) is 0 Å². The van der Waals surface area contributed by atoms with Gasteiger partial charge >= 0.3 is 0 Å². The highest BCUT2D eigenvalue weighted by Crippen LogP contribution is 2.38. The van der Waals surface area contributed by atoms with Crippen LogP contribution >= 0.6 is 0 Å². The molecule has 2 heterocycles. The summed E-state index contributed by atoms with van der Waals surface area (Å²) in [6.07, 6.45) is 1.80. The topological polar surface area (TPSA) is 55.1 Å². The normalized spacial score (nSPS) is 47.7. The van der Waals surface area contributed by atoms with Gasteiger partial charge in [0.2, 0.25) is 5.91 Å². The van der Waals surface area contributed by atoms with E-state index in [2.05, 4.69) is 5.32 Å². The number of amides is 1. The average molecular weight is 126 g/mol. The van der Waals surface area contributed by atoms with Gasteiger partial charge in [-0.3, -0.25) is 4.79 Å². The van der Waals surface area contributed by atoms with Crippen LogP contribution in [0.1, 0.15) is 12.8 Å². The second-order valence-electron chi connectivity index (χ2n) is 3.19. The van der Waals surface area contributed by atoms with E-state index in [9.17, 15) is 4.79 Å². The minimum Gasteiger partial charge on any atom is -0.354 e. The van der Waals surface area contributed by atoms with Gasteiger partial charge in [0.1, 0.15) is 0 Å². The van der Waals surface area contributed by atoms with Crippen LogP contribution in [-0.2, 0) is 4.79 Å². The van der Waals surface area contributed by atoms with E-state index in [-0.39, 0.29) is 17.4 Å². The SMILES string of the molecule is NC12CNC(=O)C(C1)C2. The molecule has 0 aromatic heterocycles. The summed E-state index contributed by atoms with van der Waals surface area (Å²) in [4.78, 5) is 10.8. The molecular formula is C6H10N2O. The molecule has 50 valence electrons. The third kappa shape index (κ3) is 0.580. The van der Waals surface area contributed by atoms with E-state index in [4.69, 9.17) is 5.73 Å². The van der Waals surface area contributed by atoms with Gasteiger partial charge in [-0.2, -0.15) is 0 Å². The molecule has 1 amide bonds. The van der Waals surface area contributed by atoms with Gasteiger partial charge in [0, 0.05) is 18.0 Å². The van der Waals surface area contributed by atoms with Crippen molar-refractivity contribution in [3.05, 3.63) is 0 Å². The molecule has 2 aliphatic heterocycles. The van der Waals surface area contributed by atoms with Crippen molar-refractivity contribution in [3.8, 4) is 0 Å². The van der Waals surface area contributed by atoms with Crippen molar-refractivity contribution in [1.82, 2.24) is 5.32 Å². The Morgan fingerprint density at radius 3 is 2.67 bits per heavy atom. The Kier molecular flexibility index (Phi) is 0.750. The van der Waals surface area contributed by atoms with E-state index < -0.39 is 0 Å². The number of nitrogens with two attached hydrogens (primary N) is 1. The number of nitrogens with one attached hydrogen (secondary N) is 1. The molecule has 0 spiro atoms. The first-order chi connectivity index (χ1) is 4.20. The zero-order valence-corrected chi connectivity index (χ0v) is 5.18. The molecule has 1 saturated carbocycles. The van der Waals surface area contributed by atoms with Gasteiger partial charge in [0.15, 0.2) is 0 Å². The van der Waals surface area contributed by atoms with Crippen molar-refractivity contribution >= 4 is 5.91 Å². The number of carbonyl (C=O) groups is 1. The van der Waals surface area contributed by atoms with E-state index in [0.29, 0.717) is 6.54 Å². The Morgan fingerprint density at radius 1 is 1.67 bits per heavy atom. The number of piperidine rings is 2. The number of fused-ring (bicyclic) bond motifs is 2. The molecule has 3 N–H and O–H groups in total. The highest BCUT2D eigenvalue weighted by atomic mass is 16.2. The van der Waals surface area contributed by atoms with Crippen LogP contribution in [0.15, 0.2) is 0 Å². The zero-order valence-electron chi connectivity index (χ0n) is 5.18. The van der Waals surface area contributed by atoms with Crippen LogP contribution in [0.5, 0.6) is 0 Å². The number of rotatable bonds is 0. The lowest BCUT2D eigenvalue weighted by molar-refractivity contribution is -0.134. The van der Waals surface area contributed by atoms with Gasteiger partial charge in [0.05, 0.1) is 0 Å². The van der Waals surface area contributed by atoms with Crippen LogP contribution in [0, 0.1) is 5.92 Å². The smallest absolute Gasteiger partial charge is 0.223 e. The van der Waals surface area contributed by atoms with Gasteiger partial charge in [-0.05, 0) is 12.8 Å². The third-order valence-corrected chi connectivity index (χ3v) is 2.29. The number of hydrogen-bond donors (Lipinski definition) is 2. The van der Waals surface area contributed by atoms with Gasteiger partial charge < -0.3 is 11.1 Å². The quantitative estimate of drug-likeness (QED) is 0.447. The molecule has 3 fully saturated rings. The first-order valence-electron chi connectivity index (χ1n) is 3.26. The summed E-state index contributed by atoms with van der Waals surface area (Å²) in [5.74, 6) is 0.436. The zero-order chi connectivity index (χ0) is 6.48. The highest BCUT2D eigenvalue weighted by molar-refractivity contribution is 5.82. The van der Waals surface area contributed by atoms with Crippen molar-refractivity contribution in [3.63, 3.8) is 0 Å². The lowest BCUT2D eigenvalue weighted by Gasteiger charge is -2.48. The molecule has 0 aromatic rings. The summed E-state index contributed by atoms with van der Waals surface area (Å²) in [5, 5.41) is 2.76. The minimum atomic E-state index is -0.0292. The van der Waals surface area contributed by atoms with Crippen molar-refractivity contribution in [2.45, 2.75) is 18.4 Å². The van der Waals surface area contributed by atoms with Crippen molar-refractivity contribution in [2.24, 2.45) is 11.7 Å². The molecule has 2 bridgehead atoms. The van der Waals surface area contributed by atoms with Crippen molar-refractivity contribution in [2.75, 3.05) is 6.54 Å². The second-order valence-corrected chi connectivity index (χ2v) is 3.19. The molecule has 9 heavy (non-hydrogen) atoms. The van der Waals surface area contributed by atoms with Crippen LogP contribution in [0.3, 0.4) is 0 Å². The molecular weight excluding hydrogens is 116 g/mol. The summed E-state index contributed by atoms with van der Waals surface area (Å²) >= 11 is 0. The maximum absolute atomic E-state index is 10.8. The van der Waals surface area contributed by atoms with E-state index in [1.54, 1.807) is 0 Å². The predicted octanol–water partition coefficient (Wildman–Crippen LogP) is -0.776. The third-order valence-electron chi connectivity index (χ3n) is 2.29. The summed E-state index contributed by atoms with van der Waals surface area (Å²) in [6.45, 7) is 0.683. The molecule has 0 unspecified atom stereocenters. The monoisotopic (exact) mass is 126 g/mol. The predicted molar refractivity (Wildman–Crippen MR) is 32.7 cm³/mol. The Balaban J connectivity index is 2.13. The van der Waals surface area contributed by atoms with Crippen LogP contribution in [-0.4, -0.2) is 18.0 Å². The maximum Gasteiger partial charge on any atom is 0.223 e. The standard InChI is InChI=1S/C6H10N2O/c7-6-1-4(2-6)5(9)8-3-6/h4H,1-3,7H2,(H,8,9). The molecule has 0 radical (unpaired) electrons. The Hall–Kier alpha value is -0.570. The van der Waals surface area contributed by atoms with Crippen LogP contribution in [0.4, 0.5) is 0 Å². The summed E-state index contributed by atoms with van der Waals surface area (Å²) in [5.41, 5.74) is 5.76. The van der Waals surface area contributed by atoms with E-state index >= 15 is 0 Å². The van der Waals surface area contributed by atoms with Crippen molar-refractivity contribution < 1.29 is 4.79 Å². The molecule has 3 heteroatoms. The fraction of sp³-hybridized carbons (Fsp3) is 0.833. The van der Waals surface area contributed by atoms with E-state index in [1.807, 2.05) is 0 Å². The second kappa shape index (κ2) is 1.29. The van der Waals surface area contributed by atoms with Crippen molar-refractivity contribution in [1.29, 1.82) is 0 Å². The fourth-order valence-electron chi connectivity index (χ4n) is 1.66. The molecule has 0 atom stereocenters. The van der Waals surface area contributed by atoms with E-state index in [1.165, 1.54) is 0 Å². The van der Waals surface area contributed by atoms with E-state index in [0.717, 1.165) is 12.8 Å². The fourth-order valence-corrected chi connectivity index (χ4v) is 1.66. The molecule has 2 saturated heterocycles. The molecule has 0 aromatic carbocycles. The average Bonchev–Trinajstić information content (AvgIpc) is 1.73. The van der Waals surface area contributed by atoms with Gasteiger partial charge in [-0.25, -0.2) is 0 Å². The largest absolute Gasteiger partial charge is 0.354 e. The van der Waals surface area contributed by atoms with Crippen LogP contribution in [0.2, 0.25) is 0 Å². The maximum atomic E-state index is 10.8.